The van der Waals surface area contributed by atoms with Gasteiger partial charge in [-0.2, -0.15) is 0 Å². The lowest BCUT2D eigenvalue weighted by Gasteiger charge is -2.31. The monoisotopic (exact) mass is 733 g/mol. The van der Waals surface area contributed by atoms with E-state index in [1.165, 1.54) is 4.57 Å². The van der Waals surface area contributed by atoms with Crippen LogP contribution in [0, 0.1) is 0 Å². The van der Waals surface area contributed by atoms with Crippen molar-refractivity contribution in [3.8, 4) is 5.75 Å². The number of carbonyl (C=O) groups excluding carboxylic acids is 4. The van der Waals surface area contributed by atoms with Crippen LogP contribution in [0.4, 0.5) is 9.59 Å². The Balaban J connectivity index is 1.18. The first-order chi connectivity index (χ1) is 26.0. The van der Waals surface area contributed by atoms with Crippen LogP contribution in [0.15, 0.2) is 109 Å². The second-order valence-electron chi connectivity index (χ2n) is 13.8. The Morgan fingerprint density at radius 1 is 0.889 bits per heavy atom. The Hall–Kier alpha value is -6.14. The van der Waals surface area contributed by atoms with E-state index in [4.69, 9.17) is 23.7 Å². The van der Waals surface area contributed by atoms with E-state index in [0.29, 0.717) is 35.1 Å². The fraction of sp³-hybridized carbons (Fsp3) is 0.286. The van der Waals surface area contributed by atoms with E-state index in [-0.39, 0.29) is 19.1 Å². The number of hydrogen-bond donors (Lipinski definition) is 2. The predicted molar refractivity (Wildman–Crippen MR) is 200 cm³/mol. The average molecular weight is 734 g/mol. The number of carbonyl (C=O) groups is 4. The van der Waals surface area contributed by atoms with E-state index >= 15 is 0 Å². The number of nitrogens with one attached hydrogen (secondary N) is 2. The summed E-state index contributed by atoms with van der Waals surface area (Å²) in [6.07, 6.45) is 0.470. The van der Waals surface area contributed by atoms with Crippen molar-refractivity contribution in [3.63, 3.8) is 0 Å². The van der Waals surface area contributed by atoms with E-state index in [2.05, 4.69) is 10.6 Å². The van der Waals surface area contributed by atoms with Crippen molar-refractivity contribution in [2.24, 2.45) is 0 Å². The van der Waals surface area contributed by atoms with Gasteiger partial charge in [-0.15, -0.1) is 0 Å². The summed E-state index contributed by atoms with van der Waals surface area (Å²) < 4.78 is 28.7. The molecule has 0 fully saturated rings. The van der Waals surface area contributed by atoms with Crippen LogP contribution in [-0.2, 0) is 43.2 Å². The van der Waals surface area contributed by atoms with Crippen LogP contribution in [0.3, 0.4) is 0 Å². The van der Waals surface area contributed by atoms with Gasteiger partial charge < -0.3 is 34.3 Å². The smallest absolute Gasteiger partial charge is 0.421 e. The number of nitrogens with zero attached hydrogens (tertiary/aromatic N) is 1. The zero-order chi connectivity index (χ0) is 38.3. The number of para-hydroxylation sites is 2. The van der Waals surface area contributed by atoms with Crippen molar-refractivity contribution in [2.75, 3.05) is 20.5 Å². The maximum absolute atomic E-state index is 14.2. The number of benzene rings is 4. The molecule has 3 unspecified atom stereocenters. The molecule has 0 bridgehead atoms. The van der Waals surface area contributed by atoms with Crippen LogP contribution < -0.4 is 15.4 Å². The number of ether oxygens (including phenoxy) is 5. The molecule has 2 heterocycles. The standard InChI is InChI=1S/C42H43N3O9/c1-28(30-12-6-5-7-13-30)43-38(47)42(3,44-39(48)51-26-41(2)22-32-14-8-11-17-36(32)54-41)23-33-24-45(35-16-10-9-15-34(33)35)40(49)53-27-52-37(46)31-20-18-29(19-21-31)25-50-4/h5-21,24,28H,22-23,25-27H2,1-4H3,(H,43,47)(H,44,48). The molecule has 2 N–H and O–H groups in total. The van der Waals surface area contributed by atoms with E-state index in [9.17, 15) is 19.2 Å². The SMILES string of the molecule is COCc1ccc(C(=O)OCOC(=O)n2cc(CC(C)(NC(=O)OCC3(C)Cc4ccccc4O3)C(=O)NC(C)c3ccccc3)c3ccccc32)cc1. The Kier molecular flexibility index (Phi) is 11.3. The van der Waals surface area contributed by atoms with Crippen LogP contribution in [0.25, 0.3) is 10.9 Å². The lowest BCUT2D eigenvalue weighted by molar-refractivity contribution is -0.127. The van der Waals surface area contributed by atoms with Gasteiger partial charge >= 0.3 is 18.2 Å². The Bertz CT molecular complexity index is 2110. The van der Waals surface area contributed by atoms with E-state index in [1.54, 1.807) is 68.8 Å². The molecule has 1 aromatic heterocycles. The molecular weight excluding hydrogens is 690 g/mol. The van der Waals surface area contributed by atoms with Crippen LogP contribution >= 0.6 is 0 Å². The Labute approximate surface area is 313 Å². The van der Waals surface area contributed by atoms with Crippen LogP contribution in [0.1, 0.15) is 59.4 Å². The van der Waals surface area contributed by atoms with Crippen LogP contribution in [0.2, 0.25) is 0 Å². The van der Waals surface area contributed by atoms with E-state index in [1.807, 2.05) is 68.4 Å². The maximum atomic E-state index is 14.2. The molecule has 4 aromatic carbocycles. The first kappa shape index (κ1) is 37.6. The molecule has 0 spiro atoms. The number of hydrogen-bond acceptors (Lipinski definition) is 9. The molecular formula is C42H43N3O9. The molecule has 2 amide bonds. The number of fused-ring (bicyclic) bond motifs is 2. The lowest BCUT2D eigenvalue weighted by atomic mass is 9.91. The molecule has 0 aliphatic carbocycles. The number of esters is 1. The third-order valence-electron chi connectivity index (χ3n) is 9.34. The molecule has 0 saturated heterocycles. The van der Waals surface area contributed by atoms with Gasteiger partial charge in [0.05, 0.1) is 23.7 Å². The molecule has 1 aliphatic rings. The molecule has 0 radical (unpaired) electrons. The second kappa shape index (κ2) is 16.3. The molecule has 6 rings (SSSR count). The van der Waals surface area contributed by atoms with Gasteiger partial charge in [0.25, 0.3) is 0 Å². The third kappa shape index (κ3) is 8.72. The molecule has 12 heteroatoms. The summed E-state index contributed by atoms with van der Waals surface area (Å²) in [5.41, 5.74) is 1.82. The van der Waals surface area contributed by atoms with Crippen LogP contribution in [-0.4, -0.2) is 60.3 Å². The van der Waals surface area contributed by atoms with Crippen molar-refractivity contribution in [1.29, 1.82) is 0 Å². The molecule has 12 nitrogen and oxygen atoms in total. The minimum absolute atomic E-state index is 0.0243. The maximum Gasteiger partial charge on any atom is 0.421 e. The number of alkyl carbamates (subject to hydrolysis) is 1. The highest BCUT2D eigenvalue weighted by Gasteiger charge is 2.40. The summed E-state index contributed by atoms with van der Waals surface area (Å²) in [5, 5.41) is 6.50. The fourth-order valence-corrected chi connectivity index (χ4v) is 6.49. The molecule has 280 valence electrons. The minimum Gasteiger partial charge on any atom is -0.483 e. The van der Waals surface area contributed by atoms with Gasteiger partial charge in [0.15, 0.2) is 0 Å². The third-order valence-corrected chi connectivity index (χ3v) is 9.34. The highest BCUT2D eigenvalue weighted by molar-refractivity contribution is 5.95. The largest absolute Gasteiger partial charge is 0.483 e. The van der Waals surface area contributed by atoms with Gasteiger partial charge in [-0.3, -0.25) is 9.36 Å². The highest BCUT2D eigenvalue weighted by Crippen LogP contribution is 2.35. The second-order valence-corrected chi connectivity index (χ2v) is 13.8. The van der Waals surface area contributed by atoms with Gasteiger partial charge in [-0.25, -0.2) is 14.4 Å². The fourth-order valence-electron chi connectivity index (χ4n) is 6.49. The quantitative estimate of drug-likeness (QED) is 0.0978. The average Bonchev–Trinajstić information content (AvgIpc) is 3.71. The molecule has 54 heavy (non-hydrogen) atoms. The van der Waals surface area contributed by atoms with Crippen molar-refractivity contribution >= 4 is 35.0 Å². The number of aromatic nitrogens is 1. The molecule has 0 saturated carbocycles. The van der Waals surface area contributed by atoms with E-state index in [0.717, 1.165) is 22.4 Å². The minimum atomic E-state index is -1.55. The summed E-state index contributed by atoms with van der Waals surface area (Å²) in [6, 6.07) is 30.5. The first-order valence-electron chi connectivity index (χ1n) is 17.6. The summed E-state index contributed by atoms with van der Waals surface area (Å²) >= 11 is 0. The first-order valence-corrected chi connectivity index (χ1v) is 17.6. The lowest BCUT2D eigenvalue weighted by Crippen LogP contribution is -2.59. The zero-order valence-electron chi connectivity index (χ0n) is 30.6. The van der Waals surface area contributed by atoms with Crippen molar-refractivity contribution < 1.29 is 42.9 Å². The molecule has 3 atom stereocenters. The molecule has 1 aliphatic heterocycles. The van der Waals surface area contributed by atoms with Gasteiger partial charge in [-0.1, -0.05) is 78.9 Å². The summed E-state index contributed by atoms with van der Waals surface area (Å²) in [6.45, 7) is 5.05. The number of amides is 2. The van der Waals surface area contributed by atoms with Gasteiger partial charge in [0.1, 0.15) is 23.5 Å². The summed E-state index contributed by atoms with van der Waals surface area (Å²) in [5.74, 6) is -0.385. The Morgan fingerprint density at radius 3 is 2.33 bits per heavy atom. The molecule has 5 aromatic rings. The van der Waals surface area contributed by atoms with E-state index < -0.39 is 42.0 Å². The number of methoxy groups -OCH3 is 1. The van der Waals surface area contributed by atoms with Crippen LogP contribution in [0.5, 0.6) is 5.75 Å². The van der Waals surface area contributed by atoms with Gasteiger partial charge in [0.2, 0.25) is 12.7 Å². The highest BCUT2D eigenvalue weighted by atomic mass is 16.7. The summed E-state index contributed by atoms with van der Waals surface area (Å²) in [4.78, 5) is 53.6. The van der Waals surface area contributed by atoms with Gasteiger partial charge in [-0.05, 0) is 67.3 Å². The zero-order valence-corrected chi connectivity index (χ0v) is 30.6. The normalized spacial score (nSPS) is 16.3. The van der Waals surface area contributed by atoms with Crippen molar-refractivity contribution in [2.45, 2.75) is 57.4 Å². The van der Waals surface area contributed by atoms with Crippen molar-refractivity contribution in [1.82, 2.24) is 15.2 Å². The van der Waals surface area contributed by atoms with Gasteiger partial charge in [0, 0.05) is 31.5 Å². The number of rotatable bonds is 13. The van der Waals surface area contributed by atoms with Crippen molar-refractivity contribution in [3.05, 3.63) is 137 Å². The Morgan fingerprint density at radius 2 is 1.59 bits per heavy atom. The summed E-state index contributed by atoms with van der Waals surface area (Å²) in [7, 11) is 1.58. The predicted octanol–water partition coefficient (Wildman–Crippen LogP) is 6.89. The topological polar surface area (TPSA) is 143 Å².